The average Bonchev–Trinajstić information content (AvgIpc) is 2.94. The second kappa shape index (κ2) is 6.28. The molecule has 0 aliphatic carbocycles. The fourth-order valence-electron chi connectivity index (χ4n) is 2.67. The molecule has 4 nitrogen and oxygen atoms in total. The smallest absolute Gasteiger partial charge is 0.257 e. The Balaban J connectivity index is 1.99. The molecule has 0 saturated carbocycles. The number of amides is 1. The minimum Gasteiger partial charge on any atom is -0.322 e. The van der Waals surface area contributed by atoms with E-state index in [4.69, 9.17) is 0 Å². The Morgan fingerprint density at radius 2 is 1.83 bits per heavy atom. The van der Waals surface area contributed by atoms with Crippen molar-refractivity contribution in [3.05, 3.63) is 65.6 Å². The summed E-state index contributed by atoms with van der Waals surface area (Å²) in [6.07, 6.45) is 2.36. The first kappa shape index (κ1) is 15.9. The molecule has 0 unspecified atom stereocenters. The van der Waals surface area contributed by atoms with Crippen LogP contribution in [0.3, 0.4) is 0 Å². The highest BCUT2D eigenvalue weighted by atomic mass is 19.1. The molecule has 0 aliphatic heterocycles. The summed E-state index contributed by atoms with van der Waals surface area (Å²) < 4.78 is 14.9. The van der Waals surface area contributed by atoms with Crippen LogP contribution in [0.15, 0.2) is 48.7 Å². The standard InChI is InChI=1S/C19H17FN2O2/c1-3-13-4-7-15(8-5-13)21-19(24)17-11-22(12(2)23)18-9-6-14(20)10-16(17)18/h4-11H,3H2,1-2H3,(H,21,24). The summed E-state index contributed by atoms with van der Waals surface area (Å²) in [7, 11) is 0. The van der Waals surface area contributed by atoms with E-state index in [1.165, 1.54) is 41.5 Å². The van der Waals surface area contributed by atoms with Gasteiger partial charge >= 0.3 is 0 Å². The van der Waals surface area contributed by atoms with Gasteiger partial charge in [-0.05, 0) is 42.3 Å². The fraction of sp³-hybridized carbons (Fsp3) is 0.158. The number of aromatic nitrogens is 1. The molecule has 3 aromatic rings. The molecule has 0 fully saturated rings. The summed E-state index contributed by atoms with van der Waals surface area (Å²) in [5.41, 5.74) is 2.59. The minimum absolute atomic E-state index is 0.238. The van der Waals surface area contributed by atoms with Crippen LogP contribution in [0.1, 0.15) is 34.6 Å². The van der Waals surface area contributed by atoms with Crippen LogP contribution in [-0.4, -0.2) is 16.4 Å². The van der Waals surface area contributed by atoms with Crippen molar-refractivity contribution in [3.8, 4) is 0 Å². The quantitative estimate of drug-likeness (QED) is 0.783. The number of carbonyl (C=O) groups is 2. The van der Waals surface area contributed by atoms with Crippen molar-refractivity contribution in [3.63, 3.8) is 0 Å². The molecule has 3 rings (SSSR count). The van der Waals surface area contributed by atoms with Gasteiger partial charge in [-0.25, -0.2) is 4.39 Å². The normalized spacial score (nSPS) is 10.8. The second-order valence-corrected chi connectivity index (χ2v) is 5.60. The molecule has 1 heterocycles. The van der Waals surface area contributed by atoms with E-state index in [0.717, 1.165) is 6.42 Å². The van der Waals surface area contributed by atoms with E-state index >= 15 is 0 Å². The Morgan fingerprint density at radius 1 is 1.12 bits per heavy atom. The summed E-state index contributed by atoms with van der Waals surface area (Å²) in [6.45, 7) is 3.45. The molecule has 1 N–H and O–H groups in total. The van der Waals surface area contributed by atoms with Crippen LogP contribution < -0.4 is 5.32 Å². The van der Waals surface area contributed by atoms with Crippen molar-refractivity contribution in [1.82, 2.24) is 4.57 Å². The van der Waals surface area contributed by atoms with E-state index in [-0.39, 0.29) is 17.4 Å². The first-order valence-electron chi connectivity index (χ1n) is 7.71. The zero-order valence-corrected chi connectivity index (χ0v) is 13.5. The third kappa shape index (κ3) is 2.93. The van der Waals surface area contributed by atoms with Crippen molar-refractivity contribution in [2.24, 2.45) is 0 Å². The Kier molecular flexibility index (Phi) is 4.16. The number of anilines is 1. The number of nitrogens with zero attached hydrogens (tertiary/aromatic N) is 1. The van der Waals surface area contributed by atoms with E-state index in [0.29, 0.717) is 16.6 Å². The number of rotatable bonds is 3. The largest absolute Gasteiger partial charge is 0.322 e. The Morgan fingerprint density at radius 3 is 2.46 bits per heavy atom. The van der Waals surface area contributed by atoms with Crippen molar-refractivity contribution in [1.29, 1.82) is 0 Å². The van der Waals surface area contributed by atoms with E-state index in [9.17, 15) is 14.0 Å². The molecule has 122 valence electrons. The van der Waals surface area contributed by atoms with Crippen LogP contribution in [-0.2, 0) is 6.42 Å². The number of aryl methyl sites for hydroxylation is 1. The third-order valence-corrected chi connectivity index (χ3v) is 3.97. The average molecular weight is 324 g/mol. The SMILES string of the molecule is CCc1ccc(NC(=O)c2cn(C(C)=O)c3ccc(F)cc23)cc1. The summed E-state index contributed by atoms with van der Waals surface area (Å²) in [6, 6.07) is 11.6. The zero-order chi connectivity index (χ0) is 17.3. The van der Waals surface area contributed by atoms with E-state index in [2.05, 4.69) is 12.2 Å². The van der Waals surface area contributed by atoms with Crippen molar-refractivity contribution in [2.75, 3.05) is 5.32 Å². The molecule has 1 aromatic heterocycles. The van der Waals surface area contributed by atoms with Gasteiger partial charge in [0.1, 0.15) is 5.82 Å². The van der Waals surface area contributed by atoms with Gasteiger partial charge in [0.15, 0.2) is 0 Å². The molecule has 0 radical (unpaired) electrons. The van der Waals surface area contributed by atoms with Gasteiger partial charge in [-0.15, -0.1) is 0 Å². The predicted octanol–water partition coefficient (Wildman–Crippen LogP) is 4.26. The van der Waals surface area contributed by atoms with Gasteiger partial charge in [0, 0.05) is 24.2 Å². The lowest BCUT2D eigenvalue weighted by atomic mass is 10.1. The van der Waals surface area contributed by atoms with Crippen LogP contribution >= 0.6 is 0 Å². The van der Waals surface area contributed by atoms with E-state index < -0.39 is 5.82 Å². The van der Waals surface area contributed by atoms with Crippen LogP contribution in [0.2, 0.25) is 0 Å². The van der Waals surface area contributed by atoms with Crippen molar-refractivity contribution in [2.45, 2.75) is 20.3 Å². The van der Waals surface area contributed by atoms with Gasteiger partial charge < -0.3 is 5.32 Å². The number of halogens is 1. The molecule has 2 aromatic carbocycles. The van der Waals surface area contributed by atoms with Gasteiger partial charge in [0.05, 0.1) is 11.1 Å². The summed E-state index contributed by atoms with van der Waals surface area (Å²) in [5.74, 6) is -1.07. The van der Waals surface area contributed by atoms with E-state index in [1.807, 2.05) is 24.3 Å². The van der Waals surface area contributed by atoms with E-state index in [1.54, 1.807) is 0 Å². The molecule has 0 spiro atoms. The number of benzene rings is 2. The molecule has 0 saturated heterocycles. The molecule has 24 heavy (non-hydrogen) atoms. The monoisotopic (exact) mass is 324 g/mol. The molecule has 1 amide bonds. The first-order chi connectivity index (χ1) is 11.5. The van der Waals surface area contributed by atoms with Gasteiger partial charge in [-0.1, -0.05) is 19.1 Å². The van der Waals surface area contributed by atoms with Gasteiger partial charge in [-0.3, -0.25) is 14.2 Å². The topological polar surface area (TPSA) is 51.1 Å². The van der Waals surface area contributed by atoms with Gasteiger partial charge in [0.2, 0.25) is 5.91 Å². The predicted molar refractivity (Wildman–Crippen MR) is 92.0 cm³/mol. The molecule has 0 aliphatic rings. The Bertz CT molecular complexity index is 926. The lowest BCUT2D eigenvalue weighted by Crippen LogP contribution is -2.12. The highest BCUT2D eigenvalue weighted by molar-refractivity contribution is 6.14. The highest BCUT2D eigenvalue weighted by Gasteiger charge is 2.17. The Labute approximate surface area is 138 Å². The van der Waals surface area contributed by atoms with Crippen molar-refractivity contribution < 1.29 is 14.0 Å². The maximum absolute atomic E-state index is 13.6. The lowest BCUT2D eigenvalue weighted by molar-refractivity contribution is 0.0941. The zero-order valence-electron chi connectivity index (χ0n) is 13.5. The van der Waals surface area contributed by atoms with Crippen LogP contribution in [0.4, 0.5) is 10.1 Å². The second-order valence-electron chi connectivity index (χ2n) is 5.60. The molecular weight excluding hydrogens is 307 g/mol. The van der Waals surface area contributed by atoms with Crippen LogP contribution in [0.25, 0.3) is 10.9 Å². The molecule has 5 heteroatoms. The first-order valence-corrected chi connectivity index (χ1v) is 7.71. The van der Waals surface area contributed by atoms with Gasteiger partial charge in [-0.2, -0.15) is 0 Å². The van der Waals surface area contributed by atoms with Crippen LogP contribution in [0, 0.1) is 5.82 Å². The fourth-order valence-corrected chi connectivity index (χ4v) is 2.67. The van der Waals surface area contributed by atoms with Gasteiger partial charge in [0.25, 0.3) is 5.91 Å². The maximum atomic E-state index is 13.6. The Hall–Kier alpha value is -2.95. The molecular formula is C19H17FN2O2. The van der Waals surface area contributed by atoms with Crippen LogP contribution in [0.5, 0.6) is 0 Å². The third-order valence-electron chi connectivity index (χ3n) is 3.97. The number of fused-ring (bicyclic) bond motifs is 1. The number of carbonyl (C=O) groups excluding carboxylic acids is 2. The molecule has 0 atom stereocenters. The highest BCUT2D eigenvalue weighted by Crippen LogP contribution is 2.24. The number of hydrogen-bond donors (Lipinski definition) is 1. The number of nitrogens with one attached hydrogen (secondary N) is 1. The van der Waals surface area contributed by atoms with Crippen molar-refractivity contribution >= 4 is 28.4 Å². The summed E-state index contributed by atoms with van der Waals surface area (Å²) >= 11 is 0. The maximum Gasteiger partial charge on any atom is 0.257 e. The minimum atomic E-state index is -0.454. The summed E-state index contributed by atoms with van der Waals surface area (Å²) in [4.78, 5) is 24.3. The number of hydrogen-bond acceptors (Lipinski definition) is 2. The molecule has 0 bridgehead atoms. The summed E-state index contributed by atoms with van der Waals surface area (Å²) in [5, 5.41) is 3.20. The lowest BCUT2D eigenvalue weighted by Gasteiger charge is -2.05.